The van der Waals surface area contributed by atoms with Crippen LogP contribution in [-0.4, -0.2) is 46.5 Å². The standard InChI is InChI=1S/C13H23N5O2/c1-10(13-17-15-9-18(13)2)16-12(19)5-8-20-11-3-6-14-7-4-11/h9-11,14H,3-8H2,1-2H3,(H,16,19). The third-order valence-electron chi connectivity index (χ3n) is 3.48. The number of aryl methyl sites for hydroxylation is 1. The highest BCUT2D eigenvalue weighted by atomic mass is 16.5. The molecule has 0 aromatic carbocycles. The number of ether oxygens (including phenoxy) is 1. The molecule has 1 saturated heterocycles. The summed E-state index contributed by atoms with van der Waals surface area (Å²) in [6.45, 7) is 4.37. The van der Waals surface area contributed by atoms with Gasteiger partial charge in [-0.3, -0.25) is 4.79 Å². The second-order valence-corrected chi connectivity index (χ2v) is 5.16. The average molecular weight is 281 g/mol. The molecule has 20 heavy (non-hydrogen) atoms. The van der Waals surface area contributed by atoms with E-state index in [0.29, 0.717) is 19.1 Å². The summed E-state index contributed by atoms with van der Waals surface area (Å²) < 4.78 is 7.52. The van der Waals surface area contributed by atoms with Gasteiger partial charge in [-0.25, -0.2) is 0 Å². The molecular formula is C13H23N5O2. The normalized spacial score (nSPS) is 17.9. The Balaban J connectivity index is 1.66. The van der Waals surface area contributed by atoms with E-state index in [-0.39, 0.29) is 11.9 Å². The fourth-order valence-corrected chi connectivity index (χ4v) is 2.34. The van der Waals surface area contributed by atoms with Crippen molar-refractivity contribution in [3.8, 4) is 0 Å². The van der Waals surface area contributed by atoms with Gasteiger partial charge < -0.3 is 19.9 Å². The van der Waals surface area contributed by atoms with Gasteiger partial charge in [0, 0.05) is 13.5 Å². The molecule has 112 valence electrons. The SMILES string of the molecule is CC(NC(=O)CCOC1CCNCC1)c1nncn1C. The summed E-state index contributed by atoms with van der Waals surface area (Å²) in [6.07, 6.45) is 4.35. The molecule has 7 heteroatoms. The summed E-state index contributed by atoms with van der Waals surface area (Å²) in [5, 5.41) is 14.0. The van der Waals surface area contributed by atoms with Crippen molar-refractivity contribution in [1.82, 2.24) is 25.4 Å². The lowest BCUT2D eigenvalue weighted by molar-refractivity contribution is -0.123. The number of aromatic nitrogens is 3. The third kappa shape index (κ3) is 4.28. The Labute approximate surface area is 119 Å². The van der Waals surface area contributed by atoms with Gasteiger partial charge in [0.2, 0.25) is 5.91 Å². The van der Waals surface area contributed by atoms with Gasteiger partial charge in [0.1, 0.15) is 6.33 Å². The number of piperidine rings is 1. The quantitative estimate of drug-likeness (QED) is 0.776. The Bertz CT molecular complexity index is 428. The minimum atomic E-state index is -0.145. The van der Waals surface area contributed by atoms with Crippen LogP contribution in [0.1, 0.15) is 38.1 Å². The largest absolute Gasteiger partial charge is 0.378 e. The van der Waals surface area contributed by atoms with Gasteiger partial charge in [0.05, 0.1) is 18.8 Å². The molecule has 0 spiro atoms. The zero-order chi connectivity index (χ0) is 14.4. The van der Waals surface area contributed by atoms with Crippen LogP contribution in [0.3, 0.4) is 0 Å². The van der Waals surface area contributed by atoms with E-state index in [4.69, 9.17) is 4.74 Å². The first kappa shape index (κ1) is 14.9. The van der Waals surface area contributed by atoms with Crippen molar-refractivity contribution in [2.24, 2.45) is 7.05 Å². The Morgan fingerprint density at radius 2 is 2.35 bits per heavy atom. The number of carbonyl (C=O) groups excluding carboxylic acids is 1. The third-order valence-corrected chi connectivity index (χ3v) is 3.48. The van der Waals surface area contributed by atoms with Crippen LogP contribution >= 0.6 is 0 Å². The highest BCUT2D eigenvalue weighted by molar-refractivity contribution is 5.76. The Kier molecular flexibility index (Phi) is 5.49. The van der Waals surface area contributed by atoms with Crippen LogP contribution in [0.5, 0.6) is 0 Å². The van der Waals surface area contributed by atoms with Gasteiger partial charge >= 0.3 is 0 Å². The molecule has 7 nitrogen and oxygen atoms in total. The molecule has 0 saturated carbocycles. The highest BCUT2D eigenvalue weighted by Crippen LogP contribution is 2.09. The number of rotatable bonds is 6. The van der Waals surface area contributed by atoms with Crippen LogP contribution in [0.15, 0.2) is 6.33 Å². The zero-order valence-electron chi connectivity index (χ0n) is 12.1. The minimum absolute atomic E-state index is 0.0190. The lowest BCUT2D eigenvalue weighted by atomic mass is 10.1. The van der Waals surface area contributed by atoms with E-state index in [1.165, 1.54) is 0 Å². The lowest BCUT2D eigenvalue weighted by Crippen LogP contribution is -2.34. The molecule has 0 radical (unpaired) electrons. The predicted molar refractivity (Wildman–Crippen MR) is 74.0 cm³/mol. The summed E-state index contributed by atoms with van der Waals surface area (Å²) in [7, 11) is 1.86. The Morgan fingerprint density at radius 1 is 1.60 bits per heavy atom. The maximum atomic E-state index is 11.8. The Hall–Kier alpha value is -1.47. The number of nitrogens with one attached hydrogen (secondary N) is 2. The van der Waals surface area contributed by atoms with Gasteiger partial charge in [0.25, 0.3) is 0 Å². The van der Waals surface area contributed by atoms with Crippen molar-refractivity contribution in [3.63, 3.8) is 0 Å². The molecule has 1 fully saturated rings. The van der Waals surface area contributed by atoms with Gasteiger partial charge in [-0.15, -0.1) is 10.2 Å². The summed E-state index contributed by atoms with van der Waals surface area (Å²) >= 11 is 0. The summed E-state index contributed by atoms with van der Waals surface area (Å²) in [4.78, 5) is 11.8. The predicted octanol–water partition coefficient (Wildman–Crippen LogP) is 0.151. The van der Waals surface area contributed by atoms with Crippen molar-refractivity contribution >= 4 is 5.91 Å². The molecule has 1 aromatic rings. The number of carbonyl (C=O) groups is 1. The highest BCUT2D eigenvalue weighted by Gasteiger charge is 2.16. The molecule has 1 atom stereocenters. The van der Waals surface area contributed by atoms with Gasteiger partial charge in [-0.05, 0) is 32.9 Å². The number of amides is 1. The van der Waals surface area contributed by atoms with Crippen LogP contribution in [0.4, 0.5) is 0 Å². The molecule has 2 heterocycles. The van der Waals surface area contributed by atoms with Gasteiger partial charge in [-0.2, -0.15) is 0 Å². The number of hydrogen-bond donors (Lipinski definition) is 2. The number of hydrogen-bond acceptors (Lipinski definition) is 5. The molecule has 1 unspecified atom stereocenters. The number of nitrogens with zero attached hydrogens (tertiary/aromatic N) is 3. The molecule has 1 aliphatic rings. The molecular weight excluding hydrogens is 258 g/mol. The van der Waals surface area contributed by atoms with Crippen LogP contribution in [0.25, 0.3) is 0 Å². The van der Waals surface area contributed by atoms with E-state index < -0.39 is 0 Å². The fraction of sp³-hybridized carbons (Fsp3) is 0.769. The fourth-order valence-electron chi connectivity index (χ4n) is 2.34. The van der Waals surface area contributed by atoms with Crippen molar-refractivity contribution < 1.29 is 9.53 Å². The smallest absolute Gasteiger partial charge is 0.222 e. The lowest BCUT2D eigenvalue weighted by Gasteiger charge is -2.23. The first-order valence-electron chi connectivity index (χ1n) is 7.12. The van der Waals surface area contributed by atoms with E-state index in [2.05, 4.69) is 20.8 Å². The van der Waals surface area contributed by atoms with E-state index in [9.17, 15) is 4.79 Å². The molecule has 2 rings (SSSR count). The van der Waals surface area contributed by atoms with E-state index in [1.807, 2.05) is 14.0 Å². The second-order valence-electron chi connectivity index (χ2n) is 5.16. The summed E-state index contributed by atoms with van der Waals surface area (Å²) in [5.74, 6) is 0.729. The van der Waals surface area contributed by atoms with Crippen LogP contribution < -0.4 is 10.6 Å². The summed E-state index contributed by atoms with van der Waals surface area (Å²) in [6, 6.07) is -0.145. The van der Waals surface area contributed by atoms with Gasteiger partial charge in [0.15, 0.2) is 5.82 Å². The molecule has 1 aromatic heterocycles. The first-order valence-corrected chi connectivity index (χ1v) is 7.12. The van der Waals surface area contributed by atoms with Crippen molar-refractivity contribution in [2.75, 3.05) is 19.7 Å². The zero-order valence-corrected chi connectivity index (χ0v) is 12.1. The van der Waals surface area contributed by atoms with E-state index >= 15 is 0 Å². The Morgan fingerprint density at radius 3 is 3.00 bits per heavy atom. The minimum Gasteiger partial charge on any atom is -0.378 e. The summed E-state index contributed by atoms with van der Waals surface area (Å²) in [5.41, 5.74) is 0. The maximum absolute atomic E-state index is 11.8. The van der Waals surface area contributed by atoms with Crippen LogP contribution in [0, 0.1) is 0 Å². The first-order chi connectivity index (χ1) is 9.66. The topological polar surface area (TPSA) is 81.1 Å². The average Bonchev–Trinajstić information content (AvgIpc) is 2.86. The van der Waals surface area contributed by atoms with Crippen molar-refractivity contribution in [3.05, 3.63) is 12.2 Å². The maximum Gasteiger partial charge on any atom is 0.222 e. The van der Waals surface area contributed by atoms with Crippen molar-refractivity contribution in [2.45, 2.75) is 38.3 Å². The van der Waals surface area contributed by atoms with Crippen LogP contribution in [-0.2, 0) is 16.6 Å². The second kappa shape index (κ2) is 7.35. The van der Waals surface area contributed by atoms with Crippen LogP contribution in [0.2, 0.25) is 0 Å². The molecule has 2 N–H and O–H groups in total. The van der Waals surface area contributed by atoms with Gasteiger partial charge in [-0.1, -0.05) is 0 Å². The van der Waals surface area contributed by atoms with Crippen molar-refractivity contribution in [1.29, 1.82) is 0 Å². The molecule has 1 aliphatic heterocycles. The van der Waals surface area contributed by atoms with E-state index in [0.717, 1.165) is 31.8 Å². The monoisotopic (exact) mass is 281 g/mol. The molecule has 0 bridgehead atoms. The molecule has 0 aliphatic carbocycles. The molecule has 1 amide bonds. The van der Waals surface area contributed by atoms with E-state index in [1.54, 1.807) is 10.9 Å².